The number of nitrogens with zero attached hydrogens (tertiary/aromatic N) is 1. The summed E-state index contributed by atoms with van der Waals surface area (Å²) in [4.78, 5) is 41.0. The molecule has 2 atom stereocenters. The lowest BCUT2D eigenvalue weighted by Crippen LogP contribution is -2.45. The van der Waals surface area contributed by atoms with Gasteiger partial charge < -0.3 is 39.8 Å². The van der Waals surface area contributed by atoms with E-state index in [1.165, 1.54) is 7.11 Å². The Balaban J connectivity index is 0.00000370. The van der Waals surface area contributed by atoms with Crippen molar-refractivity contribution >= 4 is 30.1 Å². The van der Waals surface area contributed by atoms with Crippen LogP contribution in [-0.4, -0.2) is 81.8 Å². The third kappa shape index (κ3) is 6.71. The summed E-state index contributed by atoms with van der Waals surface area (Å²) >= 11 is 0. The maximum absolute atomic E-state index is 13.4. The zero-order valence-corrected chi connectivity index (χ0v) is 23.4. The van der Waals surface area contributed by atoms with Gasteiger partial charge in [-0.05, 0) is 50.2 Å². The molecule has 4 heterocycles. The van der Waals surface area contributed by atoms with E-state index in [-0.39, 0.29) is 49.2 Å². The molecule has 2 aromatic carbocycles. The zero-order valence-electron chi connectivity index (χ0n) is 22.6. The quantitative estimate of drug-likeness (QED) is 0.504. The summed E-state index contributed by atoms with van der Waals surface area (Å²) in [5, 5.41) is 9.17. The summed E-state index contributed by atoms with van der Waals surface area (Å²) in [6.45, 7) is 2.31. The number of carbonyl (C=O) groups excluding carboxylic acids is 3. The lowest BCUT2D eigenvalue weighted by atomic mass is 9.97. The number of likely N-dealkylation sites (tertiary alicyclic amines) is 1. The van der Waals surface area contributed by atoms with E-state index < -0.39 is 12.1 Å². The van der Waals surface area contributed by atoms with Crippen molar-refractivity contribution in [2.24, 2.45) is 5.92 Å². The van der Waals surface area contributed by atoms with Crippen molar-refractivity contribution in [3.63, 3.8) is 0 Å². The second kappa shape index (κ2) is 13.1. The van der Waals surface area contributed by atoms with Crippen molar-refractivity contribution in [1.82, 2.24) is 20.9 Å². The molecule has 40 heavy (non-hydrogen) atoms. The fraction of sp³-hybridized carbons (Fsp3) is 0.464. The Kier molecular flexibility index (Phi) is 9.59. The van der Waals surface area contributed by atoms with E-state index in [1.54, 1.807) is 42.3 Å². The third-order valence-corrected chi connectivity index (χ3v) is 7.35. The van der Waals surface area contributed by atoms with Crippen LogP contribution in [0.5, 0.6) is 23.0 Å². The smallest absolute Gasteiger partial charge is 0.258 e. The van der Waals surface area contributed by atoms with E-state index in [0.29, 0.717) is 41.7 Å². The van der Waals surface area contributed by atoms with E-state index in [1.807, 2.05) is 6.07 Å². The highest BCUT2D eigenvalue weighted by molar-refractivity contribution is 5.95. The molecule has 0 radical (unpaired) electrons. The average Bonchev–Trinajstić information content (AvgIpc) is 3.36. The first-order valence-corrected chi connectivity index (χ1v) is 13.2. The molecule has 4 bridgehead atoms. The van der Waals surface area contributed by atoms with Gasteiger partial charge in [0, 0.05) is 42.3 Å². The number of methoxy groups -OCH3 is 2. The van der Waals surface area contributed by atoms with Crippen LogP contribution >= 0.6 is 12.4 Å². The van der Waals surface area contributed by atoms with E-state index in [0.717, 1.165) is 31.5 Å². The minimum Gasteiger partial charge on any atom is -0.497 e. The normalized spacial score (nSPS) is 21.5. The number of hydrogen-bond donors (Lipinski definition) is 3. The molecule has 3 N–H and O–H groups in total. The highest BCUT2D eigenvalue weighted by atomic mass is 35.5. The Morgan fingerprint density at radius 2 is 1.80 bits per heavy atom. The van der Waals surface area contributed by atoms with Gasteiger partial charge in [-0.2, -0.15) is 0 Å². The van der Waals surface area contributed by atoms with Crippen molar-refractivity contribution in [2.45, 2.75) is 31.5 Å². The summed E-state index contributed by atoms with van der Waals surface area (Å²) in [7, 11) is 3.04. The summed E-state index contributed by atoms with van der Waals surface area (Å²) in [5.74, 6) is 1.18. The Bertz CT molecular complexity index is 1240. The molecule has 3 amide bonds. The molecular formula is C28H35ClN4O7. The van der Waals surface area contributed by atoms with Crippen LogP contribution in [0.3, 0.4) is 0 Å². The Morgan fingerprint density at radius 1 is 1.00 bits per heavy atom. The van der Waals surface area contributed by atoms with Crippen LogP contribution in [0.1, 0.15) is 28.8 Å². The minimum absolute atomic E-state index is 0. The van der Waals surface area contributed by atoms with Crippen molar-refractivity contribution in [3.05, 3.63) is 47.5 Å². The predicted molar refractivity (Wildman–Crippen MR) is 148 cm³/mol. The number of hydrogen-bond acceptors (Lipinski definition) is 8. The van der Waals surface area contributed by atoms with Gasteiger partial charge in [0.15, 0.2) is 6.61 Å². The van der Waals surface area contributed by atoms with Crippen LogP contribution in [0.15, 0.2) is 36.4 Å². The maximum Gasteiger partial charge on any atom is 0.258 e. The third-order valence-electron chi connectivity index (χ3n) is 7.35. The molecule has 0 aliphatic carbocycles. The number of halogens is 1. The van der Waals surface area contributed by atoms with E-state index in [4.69, 9.17) is 18.9 Å². The van der Waals surface area contributed by atoms with Crippen LogP contribution in [-0.2, 0) is 16.1 Å². The molecule has 0 saturated carbocycles. The first kappa shape index (κ1) is 29.3. The molecular weight excluding hydrogens is 540 g/mol. The van der Waals surface area contributed by atoms with Gasteiger partial charge in [-0.15, -0.1) is 12.4 Å². The van der Waals surface area contributed by atoms with Crippen LogP contribution in [0.25, 0.3) is 0 Å². The fourth-order valence-corrected chi connectivity index (χ4v) is 5.21. The van der Waals surface area contributed by atoms with Crippen molar-refractivity contribution in [2.75, 3.05) is 47.0 Å². The van der Waals surface area contributed by atoms with Crippen LogP contribution in [0.4, 0.5) is 0 Å². The molecule has 0 unspecified atom stereocenters. The van der Waals surface area contributed by atoms with E-state index >= 15 is 0 Å². The highest BCUT2D eigenvalue weighted by Crippen LogP contribution is 2.29. The second-order valence-electron chi connectivity index (χ2n) is 9.94. The van der Waals surface area contributed by atoms with Gasteiger partial charge in [-0.1, -0.05) is 0 Å². The lowest BCUT2D eigenvalue weighted by molar-refractivity contribution is -0.135. The summed E-state index contributed by atoms with van der Waals surface area (Å²) in [5.41, 5.74) is 1.08. The fourth-order valence-electron chi connectivity index (χ4n) is 5.21. The van der Waals surface area contributed by atoms with Crippen molar-refractivity contribution < 1.29 is 33.3 Å². The van der Waals surface area contributed by atoms with Gasteiger partial charge in [-0.3, -0.25) is 14.4 Å². The molecule has 4 aliphatic rings. The van der Waals surface area contributed by atoms with Gasteiger partial charge in [0.05, 0.1) is 26.8 Å². The summed E-state index contributed by atoms with van der Waals surface area (Å²) < 4.78 is 22.9. The molecule has 6 rings (SSSR count). The average molecular weight is 575 g/mol. The van der Waals surface area contributed by atoms with Gasteiger partial charge in [-0.25, -0.2) is 0 Å². The summed E-state index contributed by atoms with van der Waals surface area (Å²) in [6.07, 6.45) is 1.10. The maximum atomic E-state index is 13.4. The Morgan fingerprint density at radius 3 is 2.55 bits per heavy atom. The predicted octanol–water partition coefficient (Wildman–Crippen LogP) is 1.52. The number of benzene rings is 2. The molecule has 2 aromatic rings. The number of ether oxygens (including phenoxy) is 4. The number of piperidine rings is 1. The molecule has 2 fully saturated rings. The van der Waals surface area contributed by atoms with Gasteiger partial charge in [0.2, 0.25) is 5.91 Å². The zero-order chi connectivity index (χ0) is 27.4. The molecule has 0 spiro atoms. The monoisotopic (exact) mass is 574 g/mol. The Hall–Kier alpha value is -3.70. The van der Waals surface area contributed by atoms with Crippen LogP contribution < -0.4 is 34.9 Å². The molecule has 12 heteroatoms. The number of amides is 3. The van der Waals surface area contributed by atoms with Crippen LogP contribution in [0.2, 0.25) is 0 Å². The SMILES string of the molecule is COc1cc2cc(c1)C(=O)N[C@H]1CN(C(=O)C3CCNCC3)C[C@@H]1Oc1ccc(c(OC)c1)CNC(=O)CO2.Cl. The van der Waals surface area contributed by atoms with E-state index in [9.17, 15) is 14.4 Å². The molecule has 216 valence electrons. The van der Waals surface area contributed by atoms with Crippen LogP contribution in [0, 0.1) is 5.92 Å². The van der Waals surface area contributed by atoms with E-state index in [2.05, 4.69) is 16.0 Å². The Labute approximate surface area is 239 Å². The molecule has 0 aromatic heterocycles. The highest BCUT2D eigenvalue weighted by Gasteiger charge is 2.40. The number of nitrogens with one attached hydrogen (secondary N) is 3. The standard InChI is InChI=1S/C28H34N4O7.ClH/c1-36-21-9-19-10-22(11-21)38-16-26(33)30-13-18-3-4-20(12-24(18)37-2)39-25-15-32(14-23(25)31-27(19)34)28(35)17-5-7-29-8-6-17;/h3-4,9-12,17,23,25,29H,5-8,13-16H2,1-2H3,(H,30,33)(H,31,34);1H/t23-,25-;/m0./s1. The number of fused-ring (bicyclic) bond motifs is 7. The van der Waals surface area contributed by atoms with Gasteiger partial charge >= 0.3 is 0 Å². The minimum atomic E-state index is -0.480. The van der Waals surface area contributed by atoms with Gasteiger partial charge in [0.25, 0.3) is 11.8 Å². The topological polar surface area (TPSA) is 127 Å². The molecule has 4 aliphatic heterocycles. The number of carbonyl (C=O) groups is 3. The lowest BCUT2D eigenvalue weighted by Gasteiger charge is -2.26. The number of rotatable bonds is 3. The first-order valence-electron chi connectivity index (χ1n) is 13.2. The summed E-state index contributed by atoms with van der Waals surface area (Å²) in [6, 6.07) is 9.68. The second-order valence-corrected chi connectivity index (χ2v) is 9.94. The largest absolute Gasteiger partial charge is 0.497 e. The molecule has 2 saturated heterocycles. The van der Waals surface area contributed by atoms with Crippen molar-refractivity contribution in [3.8, 4) is 23.0 Å². The van der Waals surface area contributed by atoms with Crippen molar-refractivity contribution in [1.29, 1.82) is 0 Å². The molecule has 11 nitrogen and oxygen atoms in total. The van der Waals surface area contributed by atoms with Gasteiger partial charge in [0.1, 0.15) is 29.1 Å². The first-order chi connectivity index (χ1) is 18.9.